The summed E-state index contributed by atoms with van der Waals surface area (Å²) in [6.45, 7) is 2.49. The van der Waals surface area contributed by atoms with Gasteiger partial charge in [0.2, 0.25) is 0 Å². The van der Waals surface area contributed by atoms with Crippen LogP contribution in [0.5, 0.6) is 0 Å². The highest BCUT2D eigenvalue weighted by atomic mass is 32.2. The van der Waals surface area contributed by atoms with Gasteiger partial charge in [-0.2, -0.15) is 22.1 Å². The zero-order valence-corrected chi connectivity index (χ0v) is 13.8. The number of nitrogens with zero attached hydrogens (tertiary/aromatic N) is 4. The molecule has 0 aromatic carbocycles. The standard InChI is InChI=1S/C14H24N4O3S/c1-16-11-13(10-15-16)14-12-18(8-9-21-14)22(19,20)17-6-4-2-3-5-7-17/h10-11,14H,2-9,12H2,1H3/t14-/m1/s1. The second-order valence-corrected chi connectivity index (χ2v) is 7.91. The van der Waals surface area contributed by atoms with E-state index in [9.17, 15) is 8.42 Å². The average Bonchev–Trinajstić information content (AvgIpc) is 2.77. The number of hydrogen-bond donors (Lipinski definition) is 0. The Morgan fingerprint density at radius 3 is 2.50 bits per heavy atom. The number of ether oxygens (including phenoxy) is 1. The maximum atomic E-state index is 12.9. The smallest absolute Gasteiger partial charge is 0.282 e. The lowest BCUT2D eigenvalue weighted by Gasteiger charge is -2.35. The van der Waals surface area contributed by atoms with Gasteiger partial charge in [0.05, 0.1) is 18.9 Å². The van der Waals surface area contributed by atoms with Crippen LogP contribution in [0.3, 0.4) is 0 Å². The van der Waals surface area contributed by atoms with Gasteiger partial charge in [0.1, 0.15) is 0 Å². The van der Waals surface area contributed by atoms with Crippen molar-refractivity contribution in [3.63, 3.8) is 0 Å². The molecule has 0 unspecified atom stereocenters. The molecule has 1 atom stereocenters. The van der Waals surface area contributed by atoms with Crippen LogP contribution in [0.4, 0.5) is 0 Å². The normalized spacial score (nSPS) is 26.0. The number of aromatic nitrogens is 2. The van der Waals surface area contributed by atoms with Crippen LogP contribution in [0, 0.1) is 0 Å². The van der Waals surface area contributed by atoms with Crippen molar-refractivity contribution >= 4 is 10.2 Å². The number of rotatable bonds is 3. The van der Waals surface area contributed by atoms with Crippen LogP contribution in [-0.4, -0.2) is 59.6 Å². The topological polar surface area (TPSA) is 67.7 Å². The summed E-state index contributed by atoms with van der Waals surface area (Å²) in [6.07, 6.45) is 7.54. The zero-order valence-electron chi connectivity index (χ0n) is 13.0. The molecule has 0 spiro atoms. The molecular formula is C14H24N4O3S. The van der Waals surface area contributed by atoms with Gasteiger partial charge < -0.3 is 4.74 Å². The number of aryl methyl sites for hydroxylation is 1. The molecule has 2 fully saturated rings. The Morgan fingerprint density at radius 2 is 1.86 bits per heavy atom. The average molecular weight is 328 g/mol. The number of morpholine rings is 1. The van der Waals surface area contributed by atoms with Gasteiger partial charge in [-0.05, 0) is 12.8 Å². The van der Waals surface area contributed by atoms with E-state index < -0.39 is 10.2 Å². The second kappa shape index (κ2) is 6.66. The van der Waals surface area contributed by atoms with Crippen LogP contribution in [0.25, 0.3) is 0 Å². The van der Waals surface area contributed by atoms with Crippen molar-refractivity contribution in [1.29, 1.82) is 0 Å². The molecule has 124 valence electrons. The van der Waals surface area contributed by atoms with E-state index in [2.05, 4.69) is 5.10 Å². The van der Waals surface area contributed by atoms with Crippen LogP contribution in [0.1, 0.15) is 37.4 Å². The minimum absolute atomic E-state index is 0.232. The molecule has 0 saturated carbocycles. The third kappa shape index (κ3) is 3.34. The van der Waals surface area contributed by atoms with Gasteiger partial charge in [-0.3, -0.25) is 4.68 Å². The van der Waals surface area contributed by atoms with Gasteiger partial charge in [0.15, 0.2) is 0 Å². The molecule has 3 rings (SSSR count). The zero-order chi connectivity index (χ0) is 15.6. The van der Waals surface area contributed by atoms with Crippen molar-refractivity contribution in [3.05, 3.63) is 18.0 Å². The van der Waals surface area contributed by atoms with Crippen molar-refractivity contribution < 1.29 is 13.2 Å². The number of hydrogen-bond acceptors (Lipinski definition) is 4. The molecule has 1 aromatic rings. The molecule has 3 heterocycles. The first-order valence-electron chi connectivity index (χ1n) is 7.93. The van der Waals surface area contributed by atoms with E-state index in [4.69, 9.17) is 4.74 Å². The van der Waals surface area contributed by atoms with E-state index in [0.29, 0.717) is 32.8 Å². The van der Waals surface area contributed by atoms with Crippen molar-refractivity contribution in [2.75, 3.05) is 32.8 Å². The Labute approximate surface area is 132 Å². The highest BCUT2D eigenvalue weighted by Crippen LogP contribution is 2.25. The lowest BCUT2D eigenvalue weighted by molar-refractivity contribution is -0.00433. The molecule has 1 aromatic heterocycles. The van der Waals surface area contributed by atoms with E-state index in [-0.39, 0.29) is 6.10 Å². The van der Waals surface area contributed by atoms with Crippen LogP contribution >= 0.6 is 0 Å². The molecule has 0 amide bonds. The van der Waals surface area contributed by atoms with Gasteiger partial charge in [0.25, 0.3) is 10.2 Å². The molecular weight excluding hydrogens is 304 g/mol. The minimum atomic E-state index is -3.38. The molecule has 2 saturated heterocycles. The lowest BCUT2D eigenvalue weighted by atomic mass is 10.2. The third-order valence-electron chi connectivity index (χ3n) is 4.34. The Bertz CT molecular complexity index is 593. The van der Waals surface area contributed by atoms with Crippen LogP contribution in [0.15, 0.2) is 12.4 Å². The van der Waals surface area contributed by atoms with Crippen molar-refractivity contribution in [1.82, 2.24) is 18.4 Å². The highest BCUT2D eigenvalue weighted by molar-refractivity contribution is 7.86. The molecule has 0 N–H and O–H groups in total. The van der Waals surface area contributed by atoms with Crippen molar-refractivity contribution in [3.8, 4) is 0 Å². The van der Waals surface area contributed by atoms with E-state index in [0.717, 1.165) is 31.2 Å². The Balaban J connectivity index is 1.72. The first-order valence-corrected chi connectivity index (χ1v) is 9.32. The van der Waals surface area contributed by atoms with Crippen LogP contribution in [0.2, 0.25) is 0 Å². The van der Waals surface area contributed by atoms with Gasteiger partial charge >= 0.3 is 0 Å². The summed E-state index contributed by atoms with van der Waals surface area (Å²) in [5.74, 6) is 0. The molecule has 2 aliphatic heterocycles. The largest absolute Gasteiger partial charge is 0.371 e. The van der Waals surface area contributed by atoms with E-state index in [1.165, 1.54) is 0 Å². The van der Waals surface area contributed by atoms with E-state index in [1.54, 1.807) is 19.5 Å². The Morgan fingerprint density at radius 1 is 1.14 bits per heavy atom. The summed E-state index contributed by atoms with van der Waals surface area (Å²) >= 11 is 0. The van der Waals surface area contributed by atoms with Gasteiger partial charge in [-0.25, -0.2) is 0 Å². The third-order valence-corrected chi connectivity index (χ3v) is 6.35. The quantitative estimate of drug-likeness (QED) is 0.827. The fraction of sp³-hybridized carbons (Fsp3) is 0.786. The minimum Gasteiger partial charge on any atom is -0.371 e. The summed E-state index contributed by atoms with van der Waals surface area (Å²) in [4.78, 5) is 0. The van der Waals surface area contributed by atoms with Crippen LogP contribution < -0.4 is 0 Å². The summed E-state index contributed by atoms with van der Waals surface area (Å²) in [5.41, 5.74) is 0.929. The summed E-state index contributed by atoms with van der Waals surface area (Å²) in [6, 6.07) is 0. The highest BCUT2D eigenvalue weighted by Gasteiger charge is 2.35. The van der Waals surface area contributed by atoms with Gasteiger partial charge in [-0.15, -0.1) is 0 Å². The van der Waals surface area contributed by atoms with E-state index in [1.807, 2.05) is 13.2 Å². The molecule has 7 nitrogen and oxygen atoms in total. The SMILES string of the molecule is Cn1cc([C@H]2CN(S(=O)(=O)N3CCCCCC3)CCO2)cn1. The maximum Gasteiger partial charge on any atom is 0.282 e. The monoisotopic (exact) mass is 328 g/mol. The first-order chi connectivity index (χ1) is 10.6. The Kier molecular flexibility index (Phi) is 4.82. The predicted octanol–water partition coefficient (Wildman–Crippen LogP) is 0.914. The Hall–Kier alpha value is -0.960. The molecule has 0 radical (unpaired) electrons. The molecule has 2 aliphatic rings. The summed E-state index contributed by atoms with van der Waals surface area (Å²) in [5, 5.41) is 4.14. The van der Waals surface area contributed by atoms with E-state index >= 15 is 0 Å². The molecule has 8 heteroatoms. The second-order valence-electron chi connectivity index (χ2n) is 5.99. The van der Waals surface area contributed by atoms with Gasteiger partial charge in [0, 0.05) is 45.0 Å². The summed E-state index contributed by atoms with van der Waals surface area (Å²) in [7, 11) is -1.54. The maximum absolute atomic E-state index is 12.9. The van der Waals surface area contributed by atoms with Crippen molar-refractivity contribution in [2.45, 2.75) is 31.8 Å². The van der Waals surface area contributed by atoms with Crippen molar-refractivity contribution in [2.24, 2.45) is 7.05 Å². The first kappa shape index (κ1) is 15.9. The fourth-order valence-corrected chi connectivity index (χ4v) is 4.75. The van der Waals surface area contributed by atoms with Gasteiger partial charge in [-0.1, -0.05) is 12.8 Å². The molecule has 22 heavy (non-hydrogen) atoms. The molecule has 0 bridgehead atoms. The lowest BCUT2D eigenvalue weighted by Crippen LogP contribution is -2.49. The predicted molar refractivity (Wildman–Crippen MR) is 82.4 cm³/mol. The van der Waals surface area contributed by atoms with Crippen LogP contribution in [-0.2, 0) is 22.0 Å². The summed E-state index contributed by atoms with van der Waals surface area (Å²) < 4.78 is 36.4. The fourth-order valence-electron chi connectivity index (χ4n) is 3.08. The molecule has 0 aliphatic carbocycles.